The van der Waals surface area contributed by atoms with E-state index in [1.54, 1.807) is 4.90 Å². The van der Waals surface area contributed by atoms with Crippen LogP contribution in [0.1, 0.15) is 13.3 Å². The summed E-state index contributed by atoms with van der Waals surface area (Å²) in [5, 5.41) is 3.30. The summed E-state index contributed by atoms with van der Waals surface area (Å²) in [4.78, 5) is 15.5. The summed E-state index contributed by atoms with van der Waals surface area (Å²) in [6, 6.07) is 0.532. The summed E-state index contributed by atoms with van der Waals surface area (Å²) >= 11 is 0. The molecule has 1 unspecified atom stereocenters. The normalized spacial score (nSPS) is 21.6. The first-order valence-electron chi connectivity index (χ1n) is 5.30. The maximum atomic E-state index is 11.6. The van der Waals surface area contributed by atoms with Crippen LogP contribution in [0.25, 0.3) is 0 Å². The molecule has 1 aliphatic rings. The van der Waals surface area contributed by atoms with Gasteiger partial charge in [-0.1, -0.05) is 0 Å². The number of hydrogen-bond acceptors (Lipinski definition) is 3. The highest BCUT2D eigenvalue weighted by atomic mass is 16.2. The van der Waals surface area contributed by atoms with Gasteiger partial charge in [0, 0.05) is 26.2 Å². The zero-order valence-electron chi connectivity index (χ0n) is 9.42. The highest BCUT2D eigenvalue weighted by Gasteiger charge is 2.21. The van der Waals surface area contributed by atoms with Gasteiger partial charge in [0.15, 0.2) is 0 Å². The van der Waals surface area contributed by atoms with E-state index in [9.17, 15) is 4.79 Å². The van der Waals surface area contributed by atoms with Crippen molar-refractivity contribution in [1.82, 2.24) is 15.1 Å². The number of rotatable bonds is 4. The van der Waals surface area contributed by atoms with E-state index in [0.29, 0.717) is 12.6 Å². The van der Waals surface area contributed by atoms with E-state index in [4.69, 9.17) is 0 Å². The summed E-state index contributed by atoms with van der Waals surface area (Å²) in [5.74, 6) is 0.210. The Morgan fingerprint density at radius 3 is 2.71 bits per heavy atom. The number of carbonyl (C=O) groups is 1. The quantitative estimate of drug-likeness (QED) is 0.678. The molecule has 0 bridgehead atoms. The number of carbonyl (C=O) groups excluding carboxylic acids is 1. The molecule has 1 fully saturated rings. The molecule has 0 radical (unpaired) electrons. The smallest absolute Gasteiger partial charge is 0.236 e. The zero-order chi connectivity index (χ0) is 10.6. The fraction of sp³-hybridized carbons (Fsp3) is 0.900. The van der Waals surface area contributed by atoms with Crippen LogP contribution in [-0.2, 0) is 4.79 Å². The molecular weight excluding hydrogens is 178 g/mol. The monoisotopic (exact) mass is 199 g/mol. The van der Waals surface area contributed by atoms with E-state index in [1.807, 2.05) is 21.0 Å². The highest BCUT2D eigenvalue weighted by Crippen LogP contribution is 2.05. The number of nitrogens with zero attached hydrogens (tertiary/aromatic N) is 2. The average molecular weight is 199 g/mol. The first-order chi connectivity index (χ1) is 6.65. The van der Waals surface area contributed by atoms with Crippen molar-refractivity contribution in [3.8, 4) is 0 Å². The molecule has 1 amide bonds. The van der Waals surface area contributed by atoms with E-state index >= 15 is 0 Å². The predicted octanol–water partition coefficient (Wildman–Crippen LogP) is -0.242. The molecule has 4 nitrogen and oxygen atoms in total. The Labute approximate surface area is 86.2 Å². The van der Waals surface area contributed by atoms with Crippen molar-refractivity contribution >= 4 is 5.91 Å². The maximum Gasteiger partial charge on any atom is 0.236 e. The van der Waals surface area contributed by atoms with Crippen LogP contribution in [-0.4, -0.2) is 62.0 Å². The van der Waals surface area contributed by atoms with Crippen molar-refractivity contribution in [2.45, 2.75) is 19.4 Å². The van der Waals surface area contributed by atoms with Crippen LogP contribution in [0.15, 0.2) is 0 Å². The lowest BCUT2D eigenvalue weighted by molar-refractivity contribution is -0.131. The highest BCUT2D eigenvalue weighted by molar-refractivity contribution is 5.77. The minimum absolute atomic E-state index is 0.210. The standard InChI is InChI=1S/C10H21N3O/c1-4-12(2)10(14)8-13(3)9-5-6-11-7-9/h9,11H,4-8H2,1-3H3. The van der Waals surface area contributed by atoms with Crippen LogP contribution < -0.4 is 5.32 Å². The second kappa shape index (κ2) is 5.32. The Kier molecular flexibility index (Phi) is 4.35. The van der Waals surface area contributed by atoms with Gasteiger partial charge in [0.2, 0.25) is 5.91 Å². The molecule has 14 heavy (non-hydrogen) atoms. The second-order valence-corrected chi connectivity index (χ2v) is 3.97. The lowest BCUT2D eigenvalue weighted by atomic mass is 10.2. The molecule has 0 saturated carbocycles. The van der Waals surface area contributed by atoms with Gasteiger partial charge in [0.25, 0.3) is 0 Å². The van der Waals surface area contributed by atoms with Crippen LogP contribution in [0.4, 0.5) is 0 Å². The van der Waals surface area contributed by atoms with Crippen LogP contribution in [0.5, 0.6) is 0 Å². The molecule has 0 aromatic carbocycles. The van der Waals surface area contributed by atoms with Gasteiger partial charge >= 0.3 is 0 Å². The summed E-state index contributed by atoms with van der Waals surface area (Å²) in [7, 11) is 3.88. The zero-order valence-corrected chi connectivity index (χ0v) is 9.42. The van der Waals surface area contributed by atoms with Crippen molar-refractivity contribution in [2.75, 3.05) is 40.3 Å². The van der Waals surface area contributed by atoms with Gasteiger partial charge in [-0.2, -0.15) is 0 Å². The largest absolute Gasteiger partial charge is 0.345 e. The number of hydrogen-bond donors (Lipinski definition) is 1. The van der Waals surface area contributed by atoms with Gasteiger partial charge in [-0.25, -0.2) is 0 Å². The van der Waals surface area contributed by atoms with E-state index in [2.05, 4.69) is 10.2 Å². The van der Waals surface area contributed by atoms with E-state index in [1.165, 1.54) is 0 Å². The summed E-state index contributed by atoms with van der Waals surface area (Å²) in [6.45, 7) is 5.41. The minimum Gasteiger partial charge on any atom is -0.345 e. The van der Waals surface area contributed by atoms with Gasteiger partial charge in [-0.05, 0) is 26.9 Å². The number of likely N-dealkylation sites (N-methyl/N-ethyl adjacent to an activating group) is 2. The van der Waals surface area contributed by atoms with Crippen molar-refractivity contribution in [3.63, 3.8) is 0 Å². The van der Waals surface area contributed by atoms with Crippen molar-refractivity contribution in [2.24, 2.45) is 0 Å². The molecule has 0 spiro atoms. The van der Waals surface area contributed by atoms with Crippen molar-refractivity contribution in [1.29, 1.82) is 0 Å². The van der Waals surface area contributed by atoms with Crippen LogP contribution in [0.3, 0.4) is 0 Å². The van der Waals surface area contributed by atoms with Gasteiger partial charge in [0.05, 0.1) is 6.54 Å². The molecule has 1 aliphatic heterocycles. The van der Waals surface area contributed by atoms with E-state index in [0.717, 1.165) is 26.1 Å². The Morgan fingerprint density at radius 2 is 2.21 bits per heavy atom. The molecule has 1 heterocycles. The maximum absolute atomic E-state index is 11.6. The van der Waals surface area contributed by atoms with E-state index < -0.39 is 0 Å². The Hall–Kier alpha value is -0.610. The van der Waals surface area contributed by atoms with Gasteiger partial charge in [-0.3, -0.25) is 9.69 Å². The van der Waals surface area contributed by atoms with Gasteiger partial charge in [-0.15, -0.1) is 0 Å². The number of nitrogens with one attached hydrogen (secondary N) is 1. The fourth-order valence-corrected chi connectivity index (χ4v) is 1.66. The Bertz CT molecular complexity index is 190. The number of amides is 1. The fourth-order valence-electron chi connectivity index (χ4n) is 1.66. The minimum atomic E-state index is 0.210. The van der Waals surface area contributed by atoms with Crippen LogP contribution in [0.2, 0.25) is 0 Å². The molecule has 82 valence electrons. The predicted molar refractivity (Wildman–Crippen MR) is 57.2 cm³/mol. The molecule has 1 saturated heterocycles. The lowest BCUT2D eigenvalue weighted by Crippen LogP contribution is -2.42. The van der Waals surface area contributed by atoms with E-state index in [-0.39, 0.29) is 5.91 Å². The third-order valence-corrected chi connectivity index (χ3v) is 2.94. The van der Waals surface area contributed by atoms with Crippen LogP contribution >= 0.6 is 0 Å². The second-order valence-electron chi connectivity index (χ2n) is 3.97. The molecule has 4 heteroatoms. The summed E-state index contributed by atoms with van der Waals surface area (Å²) < 4.78 is 0. The first-order valence-corrected chi connectivity index (χ1v) is 5.30. The lowest BCUT2D eigenvalue weighted by Gasteiger charge is -2.25. The molecular formula is C10H21N3O. The molecule has 0 aromatic rings. The van der Waals surface area contributed by atoms with Crippen molar-refractivity contribution in [3.05, 3.63) is 0 Å². The molecule has 1 rings (SSSR count). The summed E-state index contributed by atoms with van der Waals surface area (Å²) in [6.07, 6.45) is 1.15. The molecule has 0 aliphatic carbocycles. The van der Waals surface area contributed by atoms with Gasteiger partial charge in [0.1, 0.15) is 0 Å². The SMILES string of the molecule is CCN(C)C(=O)CN(C)C1CCNC1. The van der Waals surface area contributed by atoms with Crippen molar-refractivity contribution < 1.29 is 4.79 Å². The third kappa shape index (κ3) is 2.96. The average Bonchev–Trinajstić information content (AvgIpc) is 2.69. The first kappa shape index (κ1) is 11.5. The third-order valence-electron chi connectivity index (χ3n) is 2.94. The van der Waals surface area contributed by atoms with Crippen LogP contribution in [0, 0.1) is 0 Å². The molecule has 1 atom stereocenters. The van der Waals surface area contributed by atoms with Gasteiger partial charge < -0.3 is 10.2 Å². The summed E-state index contributed by atoms with van der Waals surface area (Å²) in [5.41, 5.74) is 0. The Morgan fingerprint density at radius 1 is 1.50 bits per heavy atom. The Balaban J connectivity index is 2.31. The topological polar surface area (TPSA) is 35.6 Å². The molecule has 0 aromatic heterocycles. The molecule has 1 N–H and O–H groups in total.